The Morgan fingerprint density at radius 3 is 2.29 bits per heavy atom. The van der Waals surface area contributed by atoms with Crippen molar-refractivity contribution in [2.45, 2.75) is 19.9 Å². The average Bonchev–Trinajstić information content (AvgIpc) is 2.65. The molecule has 0 spiro atoms. The van der Waals surface area contributed by atoms with Crippen molar-refractivity contribution in [3.05, 3.63) is 92.4 Å². The fourth-order valence-electron chi connectivity index (χ4n) is 2.93. The van der Waals surface area contributed by atoms with E-state index in [2.05, 4.69) is 16.7 Å². The molecule has 6 heteroatoms. The molecule has 0 fully saturated rings. The molecule has 0 radical (unpaired) electrons. The van der Waals surface area contributed by atoms with Gasteiger partial charge in [0, 0.05) is 46.3 Å². The van der Waals surface area contributed by atoms with E-state index in [4.69, 9.17) is 34.8 Å². The monoisotopic (exact) mass is 432 g/mol. The molecule has 0 aliphatic rings. The molecule has 0 atom stereocenters. The van der Waals surface area contributed by atoms with Gasteiger partial charge in [-0.2, -0.15) is 0 Å². The summed E-state index contributed by atoms with van der Waals surface area (Å²) in [5.74, 6) is -0.124. The Balaban J connectivity index is 1.81. The van der Waals surface area contributed by atoms with Crippen molar-refractivity contribution in [3.63, 3.8) is 0 Å². The van der Waals surface area contributed by atoms with Crippen molar-refractivity contribution in [2.75, 3.05) is 10.6 Å². The Morgan fingerprint density at radius 1 is 0.821 bits per heavy atom. The number of para-hydroxylation sites is 1. The highest BCUT2D eigenvalue weighted by Gasteiger charge is 2.09. The van der Waals surface area contributed by atoms with Crippen molar-refractivity contribution in [1.82, 2.24) is 0 Å². The van der Waals surface area contributed by atoms with Crippen LogP contribution in [0.5, 0.6) is 0 Å². The predicted molar refractivity (Wildman–Crippen MR) is 119 cm³/mol. The SMILES string of the molecule is CC(=O)Nc1ccc(Cl)cc1CNc1ccccc1Cc1ccc(Cl)cc1Cl. The summed E-state index contributed by atoms with van der Waals surface area (Å²) < 4.78 is 0. The molecule has 0 saturated carbocycles. The van der Waals surface area contributed by atoms with Crippen LogP contribution in [0.15, 0.2) is 60.7 Å². The second-order valence-electron chi connectivity index (χ2n) is 6.41. The first-order valence-corrected chi connectivity index (χ1v) is 9.87. The van der Waals surface area contributed by atoms with Crippen LogP contribution in [0.2, 0.25) is 15.1 Å². The Hall–Kier alpha value is -2.20. The van der Waals surface area contributed by atoms with Gasteiger partial charge in [0.15, 0.2) is 0 Å². The number of anilines is 2. The van der Waals surface area contributed by atoms with E-state index < -0.39 is 0 Å². The van der Waals surface area contributed by atoms with Crippen molar-refractivity contribution in [1.29, 1.82) is 0 Å². The number of rotatable bonds is 6. The van der Waals surface area contributed by atoms with E-state index in [1.807, 2.05) is 36.4 Å². The molecule has 0 aromatic heterocycles. The fraction of sp³-hybridized carbons (Fsp3) is 0.136. The van der Waals surface area contributed by atoms with Gasteiger partial charge >= 0.3 is 0 Å². The van der Waals surface area contributed by atoms with Gasteiger partial charge in [-0.15, -0.1) is 0 Å². The number of carbonyl (C=O) groups excluding carboxylic acids is 1. The molecule has 3 rings (SSSR count). The number of carbonyl (C=O) groups is 1. The van der Waals surface area contributed by atoms with Gasteiger partial charge in [-0.25, -0.2) is 0 Å². The molecule has 0 aliphatic carbocycles. The number of hydrogen-bond donors (Lipinski definition) is 2. The van der Waals surface area contributed by atoms with E-state index in [1.54, 1.807) is 18.2 Å². The molecule has 3 nitrogen and oxygen atoms in total. The topological polar surface area (TPSA) is 41.1 Å². The fourth-order valence-corrected chi connectivity index (χ4v) is 3.60. The maximum atomic E-state index is 11.5. The van der Waals surface area contributed by atoms with Gasteiger partial charge in [-0.1, -0.05) is 59.1 Å². The molecule has 0 unspecified atom stereocenters. The number of hydrogen-bond acceptors (Lipinski definition) is 2. The Morgan fingerprint density at radius 2 is 1.54 bits per heavy atom. The minimum absolute atomic E-state index is 0.124. The van der Waals surface area contributed by atoms with Crippen LogP contribution in [0, 0.1) is 0 Å². The molecule has 1 amide bonds. The molecule has 2 N–H and O–H groups in total. The molecule has 28 heavy (non-hydrogen) atoms. The van der Waals surface area contributed by atoms with Crippen LogP contribution in [0.4, 0.5) is 11.4 Å². The van der Waals surface area contributed by atoms with Crippen LogP contribution < -0.4 is 10.6 Å². The van der Waals surface area contributed by atoms with Gasteiger partial charge in [0.2, 0.25) is 5.91 Å². The summed E-state index contributed by atoms with van der Waals surface area (Å²) in [4.78, 5) is 11.5. The van der Waals surface area contributed by atoms with Crippen molar-refractivity contribution >= 4 is 52.1 Å². The maximum Gasteiger partial charge on any atom is 0.221 e. The normalized spacial score (nSPS) is 10.6. The second kappa shape index (κ2) is 9.33. The average molecular weight is 434 g/mol. The van der Waals surface area contributed by atoms with Crippen LogP contribution in [0.3, 0.4) is 0 Å². The molecular formula is C22H19Cl3N2O. The zero-order chi connectivity index (χ0) is 20.1. The second-order valence-corrected chi connectivity index (χ2v) is 7.69. The predicted octanol–water partition coefficient (Wildman–Crippen LogP) is 6.81. The van der Waals surface area contributed by atoms with Gasteiger partial charge in [-0.05, 0) is 53.1 Å². The quantitative estimate of drug-likeness (QED) is 0.448. The number of halogens is 3. The van der Waals surface area contributed by atoms with Crippen molar-refractivity contribution < 1.29 is 4.79 Å². The van der Waals surface area contributed by atoms with Crippen LogP contribution in [-0.4, -0.2) is 5.91 Å². The minimum atomic E-state index is -0.124. The van der Waals surface area contributed by atoms with Crippen LogP contribution in [-0.2, 0) is 17.8 Å². The lowest BCUT2D eigenvalue weighted by molar-refractivity contribution is -0.114. The van der Waals surface area contributed by atoms with Crippen molar-refractivity contribution in [3.8, 4) is 0 Å². The van der Waals surface area contributed by atoms with E-state index in [-0.39, 0.29) is 5.91 Å². The number of benzene rings is 3. The van der Waals surface area contributed by atoms with Crippen molar-refractivity contribution in [2.24, 2.45) is 0 Å². The van der Waals surface area contributed by atoms with E-state index >= 15 is 0 Å². The largest absolute Gasteiger partial charge is 0.381 e. The number of amides is 1. The lowest BCUT2D eigenvalue weighted by Gasteiger charge is -2.15. The van der Waals surface area contributed by atoms with E-state index in [9.17, 15) is 4.79 Å². The smallest absolute Gasteiger partial charge is 0.221 e. The highest BCUT2D eigenvalue weighted by Crippen LogP contribution is 2.27. The standard InChI is InChI=1S/C22H19Cl3N2O/c1-14(28)27-22-9-8-18(23)11-17(22)13-26-21-5-3-2-4-16(21)10-15-6-7-19(24)12-20(15)25/h2-9,11-12,26H,10,13H2,1H3,(H,27,28). The van der Waals surface area contributed by atoms with Crippen LogP contribution >= 0.6 is 34.8 Å². The van der Waals surface area contributed by atoms with Crippen LogP contribution in [0.1, 0.15) is 23.6 Å². The highest BCUT2D eigenvalue weighted by molar-refractivity contribution is 6.35. The molecule has 144 valence electrons. The minimum Gasteiger partial charge on any atom is -0.381 e. The summed E-state index contributed by atoms with van der Waals surface area (Å²) in [7, 11) is 0. The van der Waals surface area contributed by atoms with E-state index in [0.717, 1.165) is 28.1 Å². The van der Waals surface area contributed by atoms with Gasteiger partial charge in [0.05, 0.1) is 0 Å². The lowest BCUT2D eigenvalue weighted by atomic mass is 10.0. The zero-order valence-electron chi connectivity index (χ0n) is 15.2. The van der Waals surface area contributed by atoms with Gasteiger partial charge in [0.25, 0.3) is 0 Å². The third kappa shape index (κ3) is 5.41. The summed E-state index contributed by atoms with van der Waals surface area (Å²) in [6.45, 7) is 2.00. The molecule has 0 aliphatic heterocycles. The lowest BCUT2D eigenvalue weighted by Crippen LogP contribution is -2.10. The third-order valence-corrected chi connectivity index (χ3v) is 5.08. The molecule has 0 bridgehead atoms. The molecule has 0 saturated heterocycles. The van der Waals surface area contributed by atoms with Gasteiger partial charge in [-0.3, -0.25) is 4.79 Å². The molecule has 0 heterocycles. The summed E-state index contributed by atoms with van der Waals surface area (Å²) in [5, 5.41) is 8.16. The molecule has 3 aromatic carbocycles. The first-order chi connectivity index (χ1) is 13.4. The first-order valence-electron chi connectivity index (χ1n) is 8.74. The van der Waals surface area contributed by atoms with Gasteiger partial charge in [0.1, 0.15) is 0 Å². The Bertz CT molecular complexity index is 1000. The van der Waals surface area contributed by atoms with Gasteiger partial charge < -0.3 is 10.6 Å². The highest BCUT2D eigenvalue weighted by atomic mass is 35.5. The Labute approximate surface area is 179 Å². The summed E-state index contributed by atoms with van der Waals surface area (Å²) in [6.07, 6.45) is 0.674. The maximum absolute atomic E-state index is 11.5. The van der Waals surface area contributed by atoms with E-state index in [0.29, 0.717) is 28.0 Å². The Kier molecular flexibility index (Phi) is 6.84. The third-order valence-electron chi connectivity index (χ3n) is 4.26. The first kappa shape index (κ1) is 20.5. The number of nitrogens with one attached hydrogen (secondary N) is 2. The summed E-state index contributed by atoms with van der Waals surface area (Å²) in [6, 6.07) is 19.0. The molecular weight excluding hydrogens is 415 g/mol. The summed E-state index contributed by atoms with van der Waals surface area (Å²) in [5.41, 5.74) is 4.74. The van der Waals surface area contributed by atoms with E-state index in [1.165, 1.54) is 6.92 Å². The van der Waals surface area contributed by atoms with Crippen LogP contribution in [0.25, 0.3) is 0 Å². The zero-order valence-corrected chi connectivity index (χ0v) is 17.5. The summed E-state index contributed by atoms with van der Waals surface area (Å²) >= 11 is 18.5. The molecule has 3 aromatic rings.